The molecule has 0 atom stereocenters. The average Bonchev–Trinajstić information content (AvgIpc) is 2.84. The zero-order valence-electron chi connectivity index (χ0n) is 10.7. The fraction of sp³-hybridized carbons (Fsp3) is 0.455. The van der Waals surface area contributed by atoms with Crippen molar-refractivity contribution in [2.45, 2.75) is 26.4 Å². The minimum atomic E-state index is -2.39. The Balaban J connectivity index is 0.00000180. The predicted molar refractivity (Wildman–Crippen MR) is 70.8 cm³/mol. The topological polar surface area (TPSA) is 47.7 Å². The molecule has 0 unspecified atom stereocenters. The maximum absolute atomic E-state index is 12.2. The van der Waals surface area contributed by atoms with E-state index >= 15 is 0 Å². The van der Waals surface area contributed by atoms with Crippen LogP contribution < -0.4 is 5.32 Å². The maximum Gasteiger partial charge on any atom is 0.257 e. The van der Waals surface area contributed by atoms with Gasteiger partial charge >= 0.3 is 0 Å². The van der Waals surface area contributed by atoms with Crippen LogP contribution >= 0.6 is 12.4 Å². The third-order valence-electron chi connectivity index (χ3n) is 2.69. The molecule has 0 amide bonds. The van der Waals surface area contributed by atoms with Crippen LogP contribution in [0.1, 0.15) is 11.3 Å². The predicted octanol–water partition coefficient (Wildman–Crippen LogP) is 2.22. The molecule has 0 radical (unpaired) electrons. The minimum absolute atomic E-state index is 0. The van der Waals surface area contributed by atoms with E-state index in [-0.39, 0.29) is 19.0 Å². The molecular formula is C11H16ClF2N5. The van der Waals surface area contributed by atoms with Crippen LogP contribution in [-0.2, 0) is 20.1 Å². The molecule has 0 aliphatic carbocycles. The number of nitrogens with one attached hydrogen (secondary N) is 1. The van der Waals surface area contributed by atoms with Crippen molar-refractivity contribution in [2.24, 2.45) is 7.05 Å². The first kappa shape index (κ1) is 15.4. The first-order chi connectivity index (χ1) is 8.56. The molecule has 8 heteroatoms. The highest BCUT2D eigenvalue weighted by molar-refractivity contribution is 5.85. The van der Waals surface area contributed by atoms with Crippen LogP contribution in [0.4, 0.5) is 14.5 Å². The summed E-state index contributed by atoms with van der Waals surface area (Å²) in [6.07, 6.45) is 2.50. The summed E-state index contributed by atoms with van der Waals surface area (Å²) in [4.78, 5) is 0. The van der Waals surface area contributed by atoms with Crippen LogP contribution in [-0.4, -0.2) is 26.0 Å². The zero-order valence-corrected chi connectivity index (χ0v) is 11.5. The van der Waals surface area contributed by atoms with Crippen molar-refractivity contribution in [3.63, 3.8) is 0 Å². The molecule has 2 aromatic rings. The van der Waals surface area contributed by atoms with Gasteiger partial charge in [0.15, 0.2) is 0 Å². The van der Waals surface area contributed by atoms with Crippen molar-refractivity contribution in [2.75, 3.05) is 5.32 Å². The molecule has 0 saturated carbocycles. The fourth-order valence-electron chi connectivity index (χ4n) is 1.71. The molecular weight excluding hydrogens is 276 g/mol. The lowest BCUT2D eigenvalue weighted by Gasteiger charge is -2.05. The summed E-state index contributed by atoms with van der Waals surface area (Å²) < 4.78 is 27.3. The maximum atomic E-state index is 12.2. The lowest BCUT2D eigenvalue weighted by atomic mass is 10.3. The van der Waals surface area contributed by atoms with Gasteiger partial charge < -0.3 is 5.32 Å². The number of alkyl halides is 2. The van der Waals surface area contributed by atoms with Gasteiger partial charge in [-0.15, -0.1) is 12.4 Å². The van der Waals surface area contributed by atoms with Gasteiger partial charge in [-0.25, -0.2) is 8.78 Å². The van der Waals surface area contributed by atoms with Crippen LogP contribution in [0.5, 0.6) is 0 Å². The van der Waals surface area contributed by atoms with Gasteiger partial charge in [-0.2, -0.15) is 10.2 Å². The van der Waals surface area contributed by atoms with Crippen molar-refractivity contribution in [1.82, 2.24) is 19.6 Å². The SMILES string of the molecule is Cc1cnn(C)c1CNc1cnn(CC(F)F)c1.Cl. The summed E-state index contributed by atoms with van der Waals surface area (Å²) in [7, 11) is 1.87. The summed E-state index contributed by atoms with van der Waals surface area (Å²) in [5.74, 6) is 0. The highest BCUT2D eigenvalue weighted by Gasteiger charge is 2.07. The number of aromatic nitrogens is 4. The quantitative estimate of drug-likeness (QED) is 0.919. The normalized spacial score (nSPS) is 10.6. The monoisotopic (exact) mass is 291 g/mol. The van der Waals surface area contributed by atoms with Gasteiger partial charge in [0.25, 0.3) is 6.43 Å². The third kappa shape index (κ3) is 3.92. The molecule has 2 rings (SSSR count). The number of nitrogens with zero attached hydrogens (tertiary/aromatic N) is 4. The first-order valence-electron chi connectivity index (χ1n) is 5.58. The van der Waals surface area contributed by atoms with Crippen molar-refractivity contribution < 1.29 is 8.78 Å². The van der Waals surface area contributed by atoms with Gasteiger partial charge in [0.05, 0.1) is 30.3 Å². The largest absolute Gasteiger partial charge is 0.377 e. The lowest BCUT2D eigenvalue weighted by molar-refractivity contribution is 0.122. The van der Waals surface area contributed by atoms with Gasteiger partial charge in [0.1, 0.15) is 6.54 Å². The van der Waals surface area contributed by atoms with E-state index in [1.165, 1.54) is 10.9 Å². The van der Waals surface area contributed by atoms with E-state index < -0.39 is 6.43 Å². The zero-order chi connectivity index (χ0) is 13.1. The molecule has 0 aromatic carbocycles. The third-order valence-corrected chi connectivity index (χ3v) is 2.69. The van der Waals surface area contributed by atoms with Gasteiger partial charge in [0, 0.05) is 13.2 Å². The van der Waals surface area contributed by atoms with E-state index in [0.717, 1.165) is 16.9 Å². The van der Waals surface area contributed by atoms with E-state index in [1.54, 1.807) is 17.1 Å². The van der Waals surface area contributed by atoms with Gasteiger partial charge in [0.2, 0.25) is 0 Å². The van der Waals surface area contributed by atoms with Crippen LogP contribution in [0.3, 0.4) is 0 Å². The number of hydrogen-bond acceptors (Lipinski definition) is 3. The van der Waals surface area contributed by atoms with Gasteiger partial charge in [-0.05, 0) is 12.5 Å². The van der Waals surface area contributed by atoms with E-state index in [4.69, 9.17) is 0 Å². The molecule has 2 heterocycles. The number of rotatable bonds is 5. The van der Waals surface area contributed by atoms with Crippen molar-refractivity contribution in [1.29, 1.82) is 0 Å². The number of halogens is 3. The van der Waals surface area contributed by atoms with Crippen LogP contribution in [0.25, 0.3) is 0 Å². The molecule has 1 N–H and O–H groups in total. The molecule has 5 nitrogen and oxygen atoms in total. The van der Waals surface area contributed by atoms with E-state index in [9.17, 15) is 8.78 Å². The van der Waals surface area contributed by atoms with Crippen molar-refractivity contribution >= 4 is 18.1 Å². The molecule has 2 aromatic heterocycles. The molecule has 106 valence electrons. The summed E-state index contributed by atoms with van der Waals surface area (Å²) in [5, 5.41) is 11.1. The summed E-state index contributed by atoms with van der Waals surface area (Å²) in [6.45, 7) is 2.18. The van der Waals surface area contributed by atoms with E-state index in [0.29, 0.717) is 6.54 Å². The summed E-state index contributed by atoms with van der Waals surface area (Å²) in [5.41, 5.74) is 2.86. The van der Waals surface area contributed by atoms with Crippen LogP contribution in [0.15, 0.2) is 18.6 Å². The molecule has 0 aliphatic heterocycles. The van der Waals surface area contributed by atoms with E-state index in [1.807, 2.05) is 14.0 Å². The molecule has 0 spiro atoms. The highest BCUT2D eigenvalue weighted by atomic mass is 35.5. The highest BCUT2D eigenvalue weighted by Crippen LogP contribution is 2.11. The van der Waals surface area contributed by atoms with Crippen LogP contribution in [0, 0.1) is 6.92 Å². The Bertz CT molecular complexity index is 503. The molecule has 0 saturated heterocycles. The Morgan fingerprint density at radius 3 is 2.63 bits per heavy atom. The van der Waals surface area contributed by atoms with Gasteiger partial charge in [-0.1, -0.05) is 0 Å². The molecule has 0 bridgehead atoms. The Labute approximate surface area is 116 Å². The molecule has 0 fully saturated rings. The Morgan fingerprint density at radius 1 is 1.32 bits per heavy atom. The second-order valence-corrected chi connectivity index (χ2v) is 4.09. The second kappa shape index (κ2) is 6.51. The Kier molecular flexibility index (Phi) is 5.29. The Hall–Kier alpha value is -1.63. The fourth-order valence-corrected chi connectivity index (χ4v) is 1.71. The van der Waals surface area contributed by atoms with E-state index in [2.05, 4.69) is 15.5 Å². The standard InChI is InChI=1S/C11H15F2N5.ClH/c1-8-3-15-17(2)10(8)5-14-9-4-16-18(6-9)7-11(12)13;/h3-4,6,11,14H,5,7H2,1-2H3;1H. The number of aryl methyl sites for hydroxylation is 2. The van der Waals surface area contributed by atoms with Crippen molar-refractivity contribution in [3.8, 4) is 0 Å². The Morgan fingerprint density at radius 2 is 2.05 bits per heavy atom. The average molecular weight is 292 g/mol. The number of anilines is 1. The summed E-state index contributed by atoms with van der Waals surface area (Å²) >= 11 is 0. The smallest absolute Gasteiger partial charge is 0.257 e. The number of hydrogen-bond donors (Lipinski definition) is 1. The molecule has 0 aliphatic rings. The van der Waals surface area contributed by atoms with Crippen molar-refractivity contribution in [3.05, 3.63) is 29.8 Å². The second-order valence-electron chi connectivity index (χ2n) is 4.09. The molecule has 19 heavy (non-hydrogen) atoms. The lowest BCUT2D eigenvalue weighted by Crippen LogP contribution is -2.07. The first-order valence-corrected chi connectivity index (χ1v) is 5.58. The minimum Gasteiger partial charge on any atom is -0.377 e. The summed E-state index contributed by atoms with van der Waals surface area (Å²) in [6, 6.07) is 0. The van der Waals surface area contributed by atoms with Crippen LogP contribution in [0.2, 0.25) is 0 Å². The van der Waals surface area contributed by atoms with Gasteiger partial charge in [-0.3, -0.25) is 9.36 Å².